The van der Waals surface area contributed by atoms with Crippen LogP contribution in [0.3, 0.4) is 0 Å². The summed E-state index contributed by atoms with van der Waals surface area (Å²) in [5, 5.41) is 6.30. The minimum Gasteiger partial charge on any atom is -0.359 e. The molecule has 2 aromatic rings. The Kier molecular flexibility index (Phi) is 2.05. The third-order valence-corrected chi connectivity index (χ3v) is 2.41. The van der Waals surface area contributed by atoms with Gasteiger partial charge in [-0.1, -0.05) is 18.2 Å². The van der Waals surface area contributed by atoms with Crippen LogP contribution in [0, 0.1) is 0 Å². The number of nitrogens with two attached hydrogens (primary N) is 1. The number of fused-ring (bicyclic) bond motifs is 1. The van der Waals surface area contributed by atoms with Gasteiger partial charge in [0.15, 0.2) is 0 Å². The Hall–Kier alpha value is -1.33. The van der Waals surface area contributed by atoms with Crippen LogP contribution in [0.4, 0.5) is 5.69 Å². The lowest BCUT2D eigenvalue weighted by molar-refractivity contribution is 0.682. The van der Waals surface area contributed by atoms with Crippen LogP contribution in [0.5, 0.6) is 0 Å². The van der Waals surface area contributed by atoms with Crippen molar-refractivity contribution in [2.24, 2.45) is 9.50 Å². The van der Waals surface area contributed by atoms with Gasteiger partial charge in [-0.15, -0.1) is 0 Å². The zero-order chi connectivity index (χ0) is 10.2. The SMILES string of the molecule is CS(N)(=O)=Nc1c[nH]c2ccccc12. The van der Waals surface area contributed by atoms with E-state index >= 15 is 0 Å². The Balaban J connectivity index is 2.72. The largest absolute Gasteiger partial charge is 0.359 e. The predicted molar refractivity (Wildman–Crippen MR) is 58.6 cm³/mol. The molecule has 4 nitrogen and oxygen atoms in total. The fraction of sp³-hybridized carbons (Fsp3) is 0.111. The van der Waals surface area contributed by atoms with Crippen molar-refractivity contribution in [1.29, 1.82) is 0 Å². The molecule has 0 saturated heterocycles. The summed E-state index contributed by atoms with van der Waals surface area (Å²) in [4.78, 5) is 3.04. The second-order valence-electron chi connectivity index (χ2n) is 3.17. The molecule has 1 aromatic heterocycles. The molecule has 0 aliphatic rings. The summed E-state index contributed by atoms with van der Waals surface area (Å²) in [6.07, 6.45) is 3.12. The number of aromatic amines is 1. The van der Waals surface area contributed by atoms with E-state index in [0.29, 0.717) is 5.69 Å². The van der Waals surface area contributed by atoms with Gasteiger partial charge < -0.3 is 4.98 Å². The summed E-state index contributed by atoms with van der Waals surface area (Å²) < 4.78 is 15.2. The van der Waals surface area contributed by atoms with Crippen LogP contribution in [0.1, 0.15) is 0 Å². The van der Waals surface area contributed by atoms with Crippen LogP contribution in [0.25, 0.3) is 10.9 Å². The smallest absolute Gasteiger partial charge is 0.107 e. The van der Waals surface area contributed by atoms with E-state index in [-0.39, 0.29) is 0 Å². The van der Waals surface area contributed by atoms with Gasteiger partial charge in [0.25, 0.3) is 0 Å². The van der Waals surface area contributed by atoms with Crippen molar-refractivity contribution >= 4 is 26.5 Å². The van der Waals surface area contributed by atoms with Crippen molar-refractivity contribution in [3.63, 3.8) is 0 Å². The lowest BCUT2D eigenvalue weighted by Gasteiger charge is -1.93. The van der Waals surface area contributed by atoms with Crippen molar-refractivity contribution in [2.75, 3.05) is 6.26 Å². The van der Waals surface area contributed by atoms with Gasteiger partial charge in [-0.2, -0.15) is 4.36 Å². The number of rotatable bonds is 1. The van der Waals surface area contributed by atoms with Crippen LogP contribution in [-0.2, 0) is 9.92 Å². The average Bonchev–Trinajstić information content (AvgIpc) is 2.47. The fourth-order valence-electron chi connectivity index (χ4n) is 1.33. The van der Waals surface area contributed by atoms with Gasteiger partial charge in [-0.3, -0.25) is 0 Å². The van der Waals surface area contributed by atoms with Gasteiger partial charge in [0.1, 0.15) is 9.92 Å². The second-order valence-corrected chi connectivity index (χ2v) is 5.08. The standard InChI is InChI=1S/C9H11N3OS/c1-14(10,13)12-9-6-11-8-5-3-2-4-7(8)9/h2-6,11H,1H3,(H2,10,12,13). The first-order valence-electron chi connectivity index (χ1n) is 4.12. The van der Waals surface area contributed by atoms with Crippen LogP contribution >= 0.6 is 0 Å². The minimum atomic E-state index is -2.58. The van der Waals surface area contributed by atoms with Gasteiger partial charge in [-0.25, -0.2) is 9.35 Å². The summed E-state index contributed by atoms with van der Waals surface area (Å²) in [5.41, 5.74) is 1.62. The van der Waals surface area contributed by atoms with Crippen LogP contribution < -0.4 is 5.14 Å². The maximum absolute atomic E-state index is 11.3. The number of para-hydroxylation sites is 1. The van der Waals surface area contributed by atoms with Crippen LogP contribution in [-0.4, -0.2) is 15.4 Å². The predicted octanol–water partition coefficient (Wildman–Crippen LogP) is 1.77. The quantitative estimate of drug-likeness (QED) is 0.738. The molecule has 1 heterocycles. The molecule has 1 unspecified atom stereocenters. The highest BCUT2D eigenvalue weighted by molar-refractivity contribution is 7.90. The molecular weight excluding hydrogens is 198 g/mol. The third kappa shape index (κ3) is 1.78. The number of hydrogen-bond acceptors (Lipinski definition) is 2. The topological polar surface area (TPSA) is 71.2 Å². The fourth-order valence-corrected chi connectivity index (χ4v) is 1.87. The summed E-state index contributed by atoms with van der Waals surface area (Å²) in [6.45, 7) is 0. The Morgan fingerprint density at radius 1 is 1.43 bits per heavy atom. The summed E-state index contributed by atoms with van der Waals surface area (Å²) in [5.74, 6) is 0. The number of nitrogens with zero attached hydrogens (tertiary/aromatic N) is 1. The Morgan fingerprint density at radius 2 is 2.14 bits per heavy atom. The Morgan fingerprint density at radius 3 is 2.86 bits per heavy atom. The maximum Gasteiger partial charge on any atom is 0.107 e. The molecular formula is C9H11N3OS. The molecule has 5 heteroatoms. The molecule has 3 N–H and O–H groups in total. The number of aromatic nitrogens is 1. The number of H-pyrrole nitrogens is 1. The zero-order valence-corrected chi connectivity index (χ0v) is 8.54. The molecule has 0 spiro atoms. The van der Waals surface area contributed by atoms with Gasteiger partial charge in [-0.05, 0) is 6.07 Å². The monoisotopic (exact) mass is 209 g/mol. The third-order valence-electron chi connectivity index (χ3n) is 1.85. The minimum absolute atomic E-state index is 0.649. The van der Waals surface area contributed by atoms with E-state index in [1.165, 1.54) is 6.26 Å². The molecule has 1 atom stereocenters. The average molecular weight is 209 g/mol. The van der Waals surface area contributed by atoms with E-state index in [1.807, 2.05) is 24.3 Å². The van der Waals surface area contributed by atoms with E-state index in [9.17, 15) is 4.21 Å². The van der Waals surface area contributed by atoms with E-state index in [2.05, 4.69) is 9.35 Å². The van der Waals surface area contributed by atoms with Crippen LogP contribution in [0.2, 0.25) is 0 Å². The molecule has 1 aromatic carbocycles. The molecule has 0 bridgehead atoms. The van der Waals surface area contributed by atoms with E-state index in [1.54, 1.807) is 6.20 Å². The normalized spacial score (nSPS) is 15.3. The summed E-state index contributed by atoms with van der Waals surface area (Å²) in [7, 11) is -2.58. The van der Waals surface area contributed by atoms with Gasteiger partial charge >= 0.3 is 0 Å². The molecule has 0 radical (unpaired) electrons. The van der Waals surface area contributed by atoms with E-state index in [4.69, 9.17) is 5.14 Å². The number of benzene rings is 1. The van der Waals surface area contributed by atoms with Gasteiger partial charge in [0, 0.05) is 23.4 Å². The second kappa shape index (κ2) is 3.11. The lowest BCUT2D eigenvalue weighted by Crippen LogP contribution is -2.07. The molecule has 0 fully saturated rings. The van der Waals surface area contributed by atoms with Gasteiger partial charge in [0.05, 0.1) is 5.69 Å². The van der Waals surface area contributed by atoms with Crippen molar-refractivity contribution < 1.29 is 4.21 Å². The summed E-state index contributed by atoms with van der Waals surface area (Å²) >= 11 is 0. The molecule has 0 aliphatic heterocycles. The van der Waals surface area contributed by atoms with Gasteiger partial charge in [0.2, 0.25) is 0 Å². The molecule has 0 amide bonds. The highest BCUT2D eigenvalue weighted by Crippen LogP contribution is 2.25. The molecule has 0 saturated carbocycles. The molecule has 74 valence electrons. The van der Waals surface area contributed by atoms with Crippen molar-refractivity contribution in [3.05, 3.63) is 30.5 Å². The number of nitrogens with one attached hydrogen (secondary N) is 1. The highest BCUT2D eigenvalue weighted by atomic mass is 32.2. The molecule has 0 aliphatic carbocycles. The number of hydrogen-bond donors (Lipinski definition) is 2. The first-order chi connectivity index (χ1) is 6.56. The van der Waals surface area contributed by atoms with E-state index < -0.39 is 9.92 Å². The maximum atomic E-state index is 11.3. The highest BCUT2D eigenvalue weighted by Gasteiger charge is 2.02. The Bertz CT molecular complexity index is 571. The lowest BCUT2D eigenvalue weighted by atomic mass is 10.2. The van der Waals surface area contributed by atoms with Crippen LogP contribution in [0.15, 0.2) is 34.8 Å². The molecule has 2 rings (SSSR count). The van der Waals surface area contributed by atoms with Crippen molar-refractivity contribution in [3.8, 4) is 0 Å². The van der Waals surface area contributed by atoms with Crippen molar-refractivity contribution in [1.82, 2.24) is 4.98 Å². The zero-order valence-electron chi connectivity index (χ0n) is 7.73. The Labute approximate surface area is 82.4 Å². The molecule has 14 heavy (non-hydrogen) atoms. The first-order valence-corrected chi connectivity index (χ1v) is 6.11. The first kappa shape index (κ1) is 9.23. The summed E-state index contributed by atoms with van der Waals surface area (Å²) in [6, 6.07) is 7.68. The van der Waals surface area contributed by atoms with Crippen molar-refractivity contribution in [2.45, 2.75) is 0 Å². The van der Waals surface area contributed by atoms with E-state index in [0.717, 1.165) is 10.9 Å².